The highest BCUT2D eigenvalue weighted by Crippen LogP contribution is 2.10. The number of ether oxygens (including phenoxy) is 1. The lowest BCUT2D eigenvalue weighted by Crippen LogP contribution is -2.44. The van der Waals surface area contributed by atoms with Crippen molar-refractivity contribution in [3.63, 3.8) is 0 Å². The van der Waals surface area contributed by atoms with Crippen molar-refractivity contribution >= 4 is 5.97 Å². The third-order valence-electron chi connectivity index (χ3n) is 1.64. The molecule has 78 valence electrons. The van der Waals surface area contributed by atoms with E-state index in [0.29, 0.717) is 5.92 Å². The van der Waals surface area contributed by atoms with Crippen LogP contribution in [0.5, 0.6) is 0 Å². The van der Waals surface area contributed by atoms with Crippen LogP contribution in [0, 0.1) is 5.92 Å². The Balaban J connectivity index is 3.93. The molecule has 0 aliphatic heterocycles. The highest BCUT2D eigenvalue weighted by atomic mass is 16.5. The minimum absolute atomic E-state index is 0.0460. The molecule has 0 heterocycles. The maximum atomic E-state index is 11.3. The normalized spacial score (nSPS) is 14.4. The van der Waals surface area contributed by atoms with Crippen LogP contribution in [0.15, 0.2) is 0 Å². The van der Waals surface area contributed by atoms with Crippen LogP contribution in [0.25, 0.3) is 0 Å². The van der Waals surface area contributed by atoms with Crippen LogP contribution < -0.4 is 5.73 Å². The average Bonchev–Trinajstić information content (AvgIpc) is 1.82. The van der Waals surface area contributed by atoms with Crippen molar-refractivity contribution in [3.05, 3.63) is 0 Å². The van der Waals surface area contributed by atoms with Gasteiger partial charge in [0.1, 0.15) is 5.54 Å². The van der Waals surface area contributed by atoms with E-state index in [2.05, 4.69) is 13.8 Å². The lowest BCUT2D eigenvalue weighted by atomic mass is 10.1. The van der Waals surface area contributed by atoms with Gasteiger partial charge < -0.3 is 10.5 Å². The van der Waals surface area contributed by atoms with E-state index in [0.717, 1.165) is 6.42 Å². The van der Waals surface area contributed by atoms with E-state index in [9.17, 15) is 4.79 Å². The van der Waals surface area contributed by atoms with Gasteiger partial charge in [0.25, 0.3) is 0 Å². The van der Waals surface area contributed by atoms with Gasteiger partial charge in [-0.15, -0.1) is 0 Å². The first-order chi connectivity index (χ1) is 5.73. The smallest absolute Gasteiger partial charge is 0.325 e. The number of nitrogens with two attached hydrogens (primary N) is 1. The Kier molecular flexibility index (Phi) is 4.40. The Morgan fingerprint density at radius 1 is 1.38 bits per heavy atom. The fourth-order valence-electron chi connectivity index (χ4n) is 1.05. The Morgan fingerprint density at radius 2 is 1.85 bits per heavy atom. The molecule has 1 atom stereocenters. The molecule has 0 aliphatic rings. The first-order valence-electron chi connectivity index (χ1n) is 4.73. The molecule has 3 heteroatoms. The van der Waals surface area contributed by atoms with Crippen molar-refractivity contribution < 1.29 is 9.53 Å². The second-order valence-corrected chi connectivity index (χ2v) is 4.57. The highest BCUT2D eigenvalue weighted by Gasteiger charge is 2.25. The molecule has 0 radical (unpaired) electrons. The molecule has 13 heavy (non-hydrogen) atoms. The van der Waals surface area contributed by atoms with Crippen LogP contribution in [0.3, 0.4) is 0 Å². The van der Waals surface area contributed by atoms with E-state index < -0.39 is 5.54 Å². The van der Waals surface area contributed by atoms with Crippen molar-refractivity contribution in [1.82, 2.24) is 0 Å². The molecule has 0 aliphatic carbocycles. The number of hydrogen-bond donors (Lipinski definition) is 1. The van der Waals surface area contributed by atoms with E-state index in [1.807, 2.05) is 6.92 Å². The number of esters is 1. The van der Waals surface area contributed by atoms with Crippen LogP contribution in [0.1, 0.15) is 41.0 Å². The molecule has 0 saturated heterocycles. The van der Waals surface area contributed by atoms with E-state index in [1.165, 1.54) is 0 Å². The summed E-state index contributed by atoms with van der Waals surface area (Å²) in [5, 5.41) is 0. The zero-order valence-corrected chi connectivity index (χ0v) is 9.26. The van der Waals surface area contributed by atoms with Gasteiger partial charge in [0.15, 0.2) is 0 Å². The Bertz CT molecular complexity index is 170. The molecule has 0 bridgehead atoms. The third-order valence-corrected chi connectivity index (χ3v) is 1.64. The number of carbonyl (C=O) groups excluding carboxylic acids is 1. The molecule has 0 aromatic rings. The largest absolute Gasteiger partial charge is 0.461 e. The van der Waals surface area contributed by atoms with Crippen molar-refractivity contribution in [3.8, 4) is 0 Å². The summed E-state index contributed by atoms with van der Waals surface area (Å²) < 4.78 is 5.16. The summed E-state index contributed by atoms with van der Waals surface area (Å²) in [6.07, 6.45) is 0.831. The van der Waals surface area contributed by atoms with E-state index in [-0.39, 0.29) is 12.1 Å². The third kappa shape index (κ3) is 5.64. The summed E-state index contributed by atoms with van der Waals surface area (Å²) in [6.45, 7) is 9.38. The van der Waals surface area contributed by atoms with Gasteiger partial charge in [0.05, 0.1) is 6.10 Å². The van der Waals surface area contributed by atoms with Crippen LogP contribution >= 0.6 is 0 Å². The van der Waals surface area contributed by atoms with Crippen molar-refractivity contribution in [2.24, 2.45) is 11.7 Å². The van der Waals surface area contributed by atoms with Crippen molar-refractivity contribution in [2.45, 2.75) is 52.7 Å². The van der Waals surface area contributed by atoms with Crippen LogP contribution in [-0.2, 0) is 9.53 Å². The minimum atomic E-state index is -0.884. The molecule has 0 spiro atoms. The van der Waals surface area contributed by atoms with Crippen molar-refractivity contribution in [2.75, 3.05) is 0 Å². The fourth-order valence-corrected chi connectivity index (χ4v) is 1.05. The van der Waals surface area contributed by atoms with Gasteiger partial charge in [0, 0.05) is 0 Å². The molecule has 0 fully saturated rings. The van der Waals surface area contributed by atoms with Crippen LogP contribution in [-0.4, -0.2) is 17.6 Å². The maximum Gasteiger partial charge on any atom is 0.325 e. The predicted molar refractivity (Wildman–Crippen MR) is 53.3 cm³/mol. The Morgan fingerprint density at radius 3 is 2.15 bits per heavy atom. The molecular formula is C10H21NO2. The zero-order chi connectivity index (χ0) is 10.6. The minimum Gasteiger partial charge on any atom is -0.461 e. The Hall–Kier alpha value is -0.570. The zero-order valence-electron chi connectivity index (χ0n) is 9.26. The van der Waals surface area contributed by atoms with Gasteiger partial charge in [0.2, 0.25) is 0 Å². The summed E-state index contributed by atoms with van der Waals surface area (Å²) in [4.78, 5) is 11.3. The number of hydrogen-bond acceptors (Lipinski definition) is 3. The summed E-state index contributed by atoms with van der Waals surface area (Å²) in [7, 11) is 0. The van der Waals surface area contributed by atoms with Gasteiger partial charge in [-0.2, -0.15) is 0 Å². The maximum absolute atomic E-state index is 11.3. The molecular weight excluding hydrogens is 166 g/mol. The van der Waals surface area contributed by atoms with Crippen LogP contribution in [0.2, 0.25) is 0 Å². The van der Waals surface area contributed by atoms with Gasteiger partial charge in [-0.05, 0) is 33.1 Å². The van der Waals surface area contributed by atoms with Crippen molar-refractivity contribution in [1.29, 1.82) is 0 Å². The first-order valence-corrected chi connectivity index (χ1v) is 4.73. The molecule has 0 rings (SSSR count). The first kappa shape index (κ1) is 12.4. The Labute approximate surface area is 80.6 Å². The summed E-state index contributed by atoms with van der Waals surface area (Å²) in [6, 6.07) is 0. The van der Waals surface area contributed by atoms with E-state index in [1.54, 1.807) is 13.8 Å². The molecule has 0 aromatic heterocycles. The molecule has 0 amide bonds. The van der Waals surface area contributed by atoms with Crippen LogP contribution in [0.4, 0.5) is 0 Å². The number of rotatable bonds is 4. The molecule has 0 aromatic carbocycles. The lowest BCUT2D eigenvalue weighted by Gasteiger charge is -2.21. The SMILES string of the molecule is CC(C)CC(C)OC(=O)C(C)(C)N. The standard InChI is InChI=1S/C10H21NO2/c1-7(2)6-8(3)13-9(12)10(4,5)11/h7-8H,6,11H2,1-5H3. The second kappa shape index (κ2) is 4.61. The molecule has 3 nitrogen and oxygen atoms in total. The van der Waals surface area contributed by atoms with Gasteiger partial charge >= 0.3 is 5.97 Å². The molecule has 1 unspecified atom stereocenters. The number of carbonyl (C=O) groups is 1. The van der Waals surface area contributed by atoms with Gasteiger partial charge in [-0.1, -0.05) is 13.8 Å². The molecule has 0 saturated carbocycles. The predicted octanol–water partition coefficient (Wildman–Crippen LogP) is 1.70. The summed E-state index contributed by atoms with van der Waals surface area (Å²) in [5.41, 5.74) is 4.70. The summed E-state index contributed by atoms with van der Waals surface area (Å²) >= 11 is 0. The average molecular weight is 187 g/mol. The fraction of sp³-hybridized carbons (Fsp3) is 0.900. The quantitative estimate of drug-likeness (QED) is 0.681. The highest BCUT2D eigenvalue weighted by molar-refractivity contribution is 5.79. The van der Waals surface area contributed by atoms with E-state index >= 15 is 0 Å². The van der Waals surface area contributed by atoms with Gasteiger partial charge in [-0.3, -0.25) is 4.79 Å². The van der Waals surface area contributed by atoms with Gasteiger partial charge in [-0.25, -0.2) is 0 Å². The molecule has 2 N–H and O–H groups in total. The van der Waals surface area contributed by atoms with E-state index in [4.69, 9.17) is 10.5 Å². The second-order valence-electron chi connectivity index (χ2n) is 4.57. The topological polar surface area (TPSA) is 52.3 Å². The summed E-state index contributed by atoms with van der Waals surface area (Å²) in [5.74, 6) is 0.198. The lowest BCUT2D eigenvalue weighted by molar-refractivity contribution is -0.154. The monoisotopic (exact) mass is 187 g/mol.